The number of carbonyl (C=O) groups excluding carboxylic acids is 1. The van der Waals surface area contributed by atoms with E-state index in [-0.39, 0.29) is 12.1 Å². The first-order valence-corrected chi connectivity index (χ1v) is 6.95. The van der Waals surface area contributed by atoms with Crippen LogP contribution in [-0.4, -0.2) is 30.1 Å². The highest BCUT2D eigenvalue weighted by Gasteiger charge is 2.24. The second-order valence-electron chi connectivity index (χ2n) is 5.37. The van der Waals surface area contributed by atoms with E-state index in [1.165, 1.54) is 17.5 Å². The summed E-state index contributed by atoms with van der Waals surface area (Å²) in [5, 5.41) is 3.18. The van der Waals surface area contributed by atoms with E-state index in [2.05, 4.69) is 29.6 Å². The Bertz CT molecular complexity index is 413. The predicted molar refractivity (Wildman–Crippen MR) is 71.6 cm³/mol. The van der Waals surface area contributed by atoms with Crippen LogP contribution in [0, 0.1) is 0 Å². The number of hydrogen-bond donors (Lipinski definition) is 1. The summed E-state index contributed by atoms with van der Waals surface area (Å²) in [6.45, 7) is 1.84. The van der Waals surface area contributed by atoms with Crippen molar-refractivity contribution in [2.45, 2.75) is 38.1 Å². The molecule has 1 fully saturated rings. The lowest BCUT2D eigenvalue weighted by Gasteiger charge is -2.28. The van der Waals surface area contributed by atoms with Gasteiger partial charge in [-0.15, -0.1) is 0 Å². The zero-order valence-corrected chi connectivity index (χ0v) is 10.7. The molecule has 1 aliphatic carbocycles. The van der Waals surface area contributed by atoms with E-state index >= 15 is 0 Å². The molecular weight excluding hydrogens is 224 g/mol. The molecule has 0 saturated carbocycles. The Labute approximate surface area is 108 Å². The Balaban J connectivity index is 1.57. The van der Waals surface area contributed by atoms with Crippen LogP contribution in [0.25, 0.3) is 0 Å². The van der Waals surface area contributed by atoms with Crippen molar-refractivity contribution in [3.8, 4) is 0 Å². The third-order valence-electron chi connectivity index (χ3n) is 4.02. The summed E-state index contributed by atoms with van der Waals surface area (Å²) in [5.74, 6) is 0. The Morgan fingerprint density at radius 3 is 2.28 bits per heavy atom. The molecule has 1 aromatic rings. The van der Waals surface area contributed by atoms with Crippen LogP contribution in [0.2, 0.25) is 0 Å². The molecule has 2 aliphatic rings. The number of rotatable bonds is 1. The van der Waals surface area contributed by atoms with Crippen molar-refractivity contribution in [3.05, 3.63) is 35.4 Å². The van der Waals surface area contributed by atoms with Gasteiger partial charge in [-0.2, -0.15) is 0 Å². The number of fused-ring (bicyclic) bond motifs is 1. The average molecular weight is 244 g/mol. The Morgan fingerprint density at radius 1 is 1.06 bits per heavy atom. The third kappa shape index (κ3) is 2.35. The van der Waals surface area contributed by atoms with Gasteiger partial charge in [-0.1, -0.05) is 24.3 Å². The summed E-state index contributed by atoms with van der Waals surface area (Å²) in [7, 11) is 0. The van der Waals surface area contributed by atoms with Crippen LogP contribution in [-0.2, 0) is 12.8 Å². The minimum Gasteiger partial charge on any atom is -0.335 e. The normalized spacial score (nSPS) is 19.7. The molecule has 1 aromatic carbocycles. The standard InChI is InChI=1S/C15H20N2O/c18-15(17-8-4-1-5-9-17)16-14-10-12-6-2-3-7-13(12)11-14/h2-3,6-7,14H,1,4-5,8-11H2,(H,16,18). The Hall–Kier alpha value is -1.51. The van der Waals surface area contributed by atoms with Gasteiger partial charge in [0, 0.05) is 19.1 Å². The number of hydrogen-bond acceptors (Lipinski definition) is 1. The highest BCUT2D eigenvalue weighted by Crippen LogP contribution is 2.22. The first-order valence-electron chi connectivity index (χ1n) is 6.95. The molecule has 1 aliphatic heterocycles. The van der Waals surface area contributed by atoms with Crippen molar-refractivity contribution < 1.29 is 4.79 Å². The average Bonchev–Trinajstić information content (AvgIpc) is 2.82. The summed E-state index contributed by atoms with van der Waals surface area (Å²) in [4.78, 5) is 14.1. The maximum atomic E-state index is 12.1. The molecule has 1 saturated heterocycles. The van der Waals surface area contributed by atoms with Gasteiger partial charge in [0.1, 0.15) is 0 Å². The van der Waals surface area contributed by atoms with Crippen LogP contribution in [0.15, 0.2) is 24.3 Å². The fourth-order valence-electron chi connectivity index (χ4n) is 3.02. The molecule has 96 valence electrons. The van der Waals surface area contributed by atoms with Gasteiger partial charge >= 0.3 is 6.03 Å². The zero-order chi connectivity index (χ0) is 12.4. The zero-order valence-electron chi connectivity index (χ0n) is 10.7. The highest BCUT2D eigenvalue weighted by molar-refractivity contribution is 5.74. The van der Waals surface area contributed by atoms with E-state index in [1.54, 1.807) is 0 Å². The van der Waals surface area contributed by atoms with Crippen molar-refractivity contribution in [3.63, 3.8) is 0 Å². The monoisotopic (exact) mass is 244 g/mol. The maximum Gasteiger partial charge on any atom is 0.317 e. The lowest BCUT2D eigenvalue weighted by molar-refractivity contribution is 0.183. The van der Waals surface area contributed by atoms with Crippen molar-refractivity contribution in [2.24, 2.45) is 0 Å². The molecule has 18 heavy (non-hydrogen) atoms. The van der Waals surface area contributed by atoms with E-state index in [0.717, 1.165) is 38.8 Å². The predicted octanol–water partition coefficient (Wildman–Crippen LogP) is 2.35. The number of likely N-dealkylation sites (tertiary alicyclic amines) is 1. The second kappa shape index (κ2) is 5.01. The molecule has 3 rings (SSSR count). The minimum atomic E-state index is 0.132. The number of nitrogens with one attached hydrogen (secondary N) is 1. The fourth-order valence-corrected chi connectivity index (χ4v) is 3.02. The molecule has 0 spiro atoms. The van der Waals surface area contributed by atoms with Crippen LogP contribution in [0.3, 0.4) is 0 Å². The summed E-state index contributed by atoms with van der Waals surface area (Å²) < 4.78 is 0. The third-order valence-corrected chi connectivity index (χ3v) is 4.02. The van der Waals surface area contributed by atoms with E-state index in [4.69, 9.17) is 0 Å². The molecule has 0 atom stereocenters. The molecule has 2 amide bonds. The number of urea groups is 1. The Morgan fingerprint density at radius 2 is 1.67 bits per heavy atom. The van der Waals surface area contributed by atoms with Crippen LogP contribution in [0.4, 0.5) is 4.79 Å². The van der Waals surface area contributed by atoms with Gasteiger partial charge in [-0.25, -0.2) is 4.79 Å². The van der Waals surface area contributed by atoms with Crippen molar-refractivity contribution in [1.29, 1.82) is 0 Å². The second-order valence-corrected chi connectivity index (χ2v) is 5.37. The van der Waals surface area contributed by atoms with Gasteiger partial charge in [-0.05, 0) is 43.2 Å². The van der Waals surface area contributed by atoms with Gasteiger partial charge in [-0.3, -0.25) is 0 Å². The van der Waals surface area contributed by atoms with Crippen LogP contribution >= 0.6 is 0 Å². The van der Waals surface area contributed by atoms with E-state index < -0.39 is 0 Å². The van der Waals surface area contributed by atoms with Crippen LogP contribution in [0.1, 0.15) is 30.4 Å². The van der Waals surface area contributed by atoms with Gasteiger partial charge in [0.25, 0.3) is 0 Å². The SMILES string of the molecule is O=C(NC1Cc2ccccc2C1)N1CCCCC1. The van der Waals surface area contributed by atoms with Crippen LogP contribution < -0.4 is 5.32 Å². The quantitative estimate of drug-likeness (QED) is 0.808. The molecule has 0 bridgehead atoms. The number of piperidine rings is 1. The number of amides is 2. The topological polar surface area (TPSA) is 32.3 Å². The van der Waals surface area contributed by atoms with E-state index in [1.807, 2.05) is 4.90 Å². The van der Waals surface area contributed by atoms with Crippen molar-refractivity contribution >= 4 is 6.03 Å². The molecule has 0 aromatic heterocycles. The summed E-state index contributed by atoms with van der Waals surface area (Å²) in [5.41, 5.74) is 2.78. The molecule has 1 heterocycles. The van der Waals surface area contributed by atoms with Crippen molar-refractivity contribution in [2.75, 3.05) is 13.1 Å². The highest BCUT2D eigenvalue weighted by atomic mass is 16.2. The van der Waals surface area contributed by atoms with E-state index in [0.29, 0.717) is 0 Å². The lowest BCUT2D eigenvalue weighted by atomic mass is 10.1. The fraction of sp³-hybridized carbons (Fsp3) is 0.533. The molecule has 0 unspecified atom stereocenters. The van der Waals surface area contributed by atoms with Gasteiger partial charge in [0.05, 0.1) is 0 Å². The number of carbonyl (C=O) groups is 1. The van der Waals surface area contributed by atoms with E-state index in [9.17, 15) is 4.79 Å². The largest absolute Gasteiger partial charge is 0.335 e. The lowest BCUT2D eigenvalue weighted by Crippen LogP contribution is -2.47. The molecule has 3 nitrogen and oxygen atoms in total. The summed E-state index contributed by atoms with van der Waals surface area (Å²) >= 11 is 0. The van der Waals surface area contributed by atoms with Gasteiger partial charge in [0.15, 0.2) is 0 Å². The molecular formula is C15H20N2O. The van der Waals surface area contributed by atoms with Gasteiger partial charge in [0.2, 0.25) is 0 Å². The Kier molecular flexibility index (Phi) is 3.22. The first-order chi connectivity index (χ1) is 8.83. The summed E-state index contributed by atoms with van der Waals surface area (Å²) in [6.07, 6.45) is 5.53. The summed E-state index contributed by atoms with van der Waals surface area (Å²) in [6, 6.07) is 8.91. The van der Waals surface area contributed by atoms with Crippen molar-refractivity contribution in [1.82, 2.24) is 10.2 Å². The maximum absolute atomic E-state index is 12.1. The molecule has 3 heteroatoms. The number of benzene rings is 1. The molecule has 1 N–H and O–H groups in total. The minimum absolute atomic E-state index is 0.132. The van der Waals surface area contributed by atoms with Crippen LogP contribution in [0.5, 0.6) is 0 Å². The first kappa shape index (κ1) is 11.6. The molecule has 0 radical (unpaired) electrons. The smallest absolute Gasteiger partial charge is 0.317 e. The number of nitrogens with zero attached hydrogens (tertiary/aromatic N) is 1. The van der Waals surface area contributed by atoms with Gasteiger partial charge < -0.3 is 10.2 Å².